The smallest absolute Gasteiger partial charge is 0.224 e. The van der Waals surface area contributed by atoms with Crippen molar-refractivity contribution in [2.75, 3.05) is 27.2 Å². The summed E-state index contributed by atoms with van der Waals surface area (Å²) >= 11 is 0. The zero-order chi connectivity index (χ0) is 9.14. The topological polar surface area (TPSA) is 55.6 Å². The number of nitrogens with two attached hydrogens (primary N) is 1. The van der Waals surface area contributed by atoms with Crippen LogP contribution in [0.3, 0.4) is 0 Å². The number of likely N-dealkylation sites (tertiary alicyclic amines) is 1. The van der Waals surface area contributed by atoms with Crippen molar-refractivity contribution in [1.29, 1.82) is 0 Å². The van der Waals surface area contributed by atoms with Gasteiger partial charge >= 0.3 is 0 Å². The number of methoxy groups -OCH3 is 1. The lowest BCUT2D eigenvalue weighted by molar-refractivity contribution is -0.129. The van der Waals surface area contributed by atoms with Crippen molar-refractivity contribution in [3.8, 4) is 0 Å². The van der Waals surface area contributed by atoms with Crippen LogP contribution in [0.1, 0.15) is 6.42 Å². The molecule has 70 valence electrons. The van der Waals surface area contributed by atoms with E-state index in [1.807, 2.05) is 7.05 Å². The van der Waals surface area contributed by atoms with Crippen molar-refractivity contribution in [3.63, 3.8) is 0 Å². The number of rotatable bonds is 2. The monoisotopic (exact) mass is 172 g/mol. The number of ether oxygens (including phenoxy) is 1. The summed E-state index contributed by atoms with van der Waals surface area (Å²) in [5.41, 5.74) is 5.25. The van der Waals surface area contributed by atoms with Gasteiger partial charge in [0.2, 0.25) is 5.91 Å². The molecule has 2 N–H and O–H groups in total. The number of piperidine rings is 1. The summed E-state index contributed by atoms with van der Waals surface area (Å²) in [5.74, 6) is -0.401. The third kappa shape index (κ3) is 1.95. The minimum absolute atomic E-state index is 0.0127. The zero-order valence-electron chi connectivity index (χ0n) is 7.62. The second-order valence-electron chi connectivity index (χ2n) is 3.33. The molecule has 0 saturated carbocycles. The molecule has 0 aromatic heterocycles. The largest absolute Gasteiger partial charge is 0.381 e. The van der Waals surface area contributed by atoms with Gasteiger partial charge in [0.15, 0.2) is 0 Å². The highest BCUT2D eigenvalue weighted by Gasteiger charge is 2.31. The number of primary amides is 1. The average Bonchev–Trinajstić information content (AvgIpc) is 2.04. The number of nitrogens with zero attached hydrogens (tertiary/aromatic N) is 1. The maximum atomic E-state index is 11.0. The molecule has 0 aromatic rings. The van der Waals surface area contributed by atoms with Crippen LogP contribution in [0.25, 0.3) is 0 Å². The predicted octanol–water partition coefficient (Wildman–Crippen LogP) is -0.562. The second kappa shape index (κ2) is 3.87. The van der Waals surface area contributed by atoms with Gasteiger partial charge in [0.05, 0.1) is 12.0 Å². The second-order valence-corrected chi connectivity index (χ2v) is 3.33. The lowest BCUT2D eigenvalue weighted by Crippen LogP contribution is -2.47. The molecule has 1 saturated heterocycles. The molecule has 1 aliphatic rings. The van der Waals surface area contributed by atoms with Crippen LogP contribution in [-0.2, 0) is 9.53 Å². The van der Waals surface area contributed by atoms with Gasteiger partial charge in [0, 0.05) is 20.2 Å². The van der Waals surface area contributed by atoms with Crippen LogP contribution in [0.4, 0.5) is 0 Å². The van der Waals surface area contributed by atoms with Gasteiger partial charge in [-0.25, -0.2) is 0 Å². The molecule has 0 aromatic carbocycles. The third-order valence-corrected chi connectivity index (χ3v) is 2.42. The van der Waals surface area contributed by atoms with Crippen LogP contribution in [0, 0.1) is 5.92 Å². The Balaban J connectivity index is 2.58. The maximum Gasteiger partial charge on any atom is 0.224 e. The number of carbonyl (C=O) groups is 1. The van der Waals surface area contributed by atoms with Crippen LogP contribution in [-0.4, -0.2) is 44.2 Å². The van der Waals surface area contributed by atoms with E-state index in [9.17, 15) is 4.79 Å². The summed E-state index contributed by atoms with van der Waals surface area (Å²) < 4.78 is 5.19. The fraction of sp³-hybridized carbons (Fsp3) is 0.875. The molecule has 1 fully saturated rings. The molecule has 1 heterocycles. The highest BCUT2D eigenvalue weighted by molar-refractivity contribution is 5.77. The van der Waals surface area contributed by atoms with E-state index in [2.05, 4.69) is 4.90 Å². The van der Waals surface area contributed by atoms with Crippen molar-refractivity contribution in [3.05, 3.63) is 0 Å². The Morgan fingerprint density at radius 1 is 1.67 bits per heavy atom. The average molecular weight is 172 g/mol. The summed E-state index contributed by atoms with van der Waals surface area (Å²) in [5, 5.41) is 0. The quantitative estimate of drug-likeness (QED) is 0.607. The Labute approximate surface area is 72.7 Å². The molecule has 12 heavy (non-hydrogen) atoms. The number of carbonyl (C=O) groups excluding carboxylic acids is 1. The summed E-state index contributed by atoms with van der Waals surface area (Å²) in [6, 6.07) is 0. The summed E-state index contributed by atoms with van der Waals surface area (Å²) in [4.78, 5) is 13.1. The van der Waals surface area contributed by atoms with Crippen molar-refractivity contribution < 1.29 is 9.53 Å². The first-order valence-corrected chi connectivity index (χ1v) is 4.15. The van der Waals surface area contributed by atoms with E-state index >= 15 is 0 Å². The molecule has 4 nitrogen and oxygen atoms in total. The molecule has 1 aliphatic heterocycles. The first-order valence-electron chi connectivity index (χ1n) is 4.15. The van der Waals surface area contributed by atoms with E-state index in [0.29, 0.717) is 6.54 Å². The highest BCUT2D eigenvalue weighted by Crippen LogP contribution is 2.17. The first kappa shape index (κ1) is 9.48. The van der Waals surface area contributed by atoms with Gasteiger partial charge in [-0.3, -0.25) is 4.79 Å². The summed E-state index contributed by atoms with van der Waals surface area (Å²) in [6.45, 7) is 1.69. The van der Waals surface area contributed by atoms with Crippen LogP contribution in [0.5, 0.6) is 0 Å². The third-order valence-electron chi connectivity index (χ3n) is 2.42. The number of amides is 1. The van der Waals surface area contributed by atoms with E-state index in [-0.39, 0.29) is 17.9 Å². The van der Waals surface area contributed by atoms with Crippen LogP contribution in [0.15, 0.2) is 0 Å². The lowest BCUT2D eigenvalue weighted by Gasteiger charge is -2.33. The first-order chi connectivity index (χ1) is 5.65. The molecular weight excluding hydrogens is 156 g/mol. The number of hydrogen-bond acceptors (Lipinski definition) is 3. The van der Waals surface area contributed by atoms with Crippen LogP contribution in [0.2, 0.25) is 0 Å². The molecule has 1 amide bonds. The molecule has 2 unspecified atom stereocenters. The summed E-state index contributed by atoms with van der Waals surface area (Å²) in [7, 11) is 3.62. The molecule has 4 heteroatoms. The van der Waals surface area contributed by atoms with E-state index in [1.165, 1.54) is 0 Å². The van der Waals surface area contributed by atoms with E-state index < -0.39 is 0 Å². The van der Waals surface area contributed by atoms with Gasteiger partial charge in [-0.1, -0.05) is 0 Å². The Morgan fingerprint density at radius 3 is 2.83 bits per heavy atom. The Hall–Kier alpha value is -0.610. The predicted molar refractivity (Wildman–Crippen MR) is 45.6 cm³/mol. The Bertz CT molecular complexity index is 172. The number of hydrogen-bond donors (Lipinski definition) is 1. The van der Waals surface area contributed by atoms with Crippen molar-refractivity contribution in [1.82, 2.24) is 4.90 Å². The minimum Gasteiger partial charge on any atom is -0.381 e. The van der Waals surface area contributed by atoms with Gasteiger partial charge in [0.1, 0.15) is 0 Å². The van der Waals surface area contributed by atoms with E-state index in [1.54, 1.807) is 7.11 Å². The molecular formula is C8H16N2O2. The molecule has 0 spiro atoms. The van der Waals surface area contributed by atoms with Gasteiger partial charge in [-0.15, -0.1) is 0 Å². The van der Waals surface area contributed by atoms with Crippen molar-refractivity contribution >= 4 is 5.91 Å². The highest BCUT2D eigenvalue weighted by atomic mass is 16.5. The molecule has 0 bridgehead atoms. The van der Waals surface area contributed by atoms with Gasteiger partial charge in [-0.05, 0) is 13.5 Å². The van der Waals surface area contributed by atoms with Gasteiger partial charge in [-0.2, -0.15) is 0 Å². The molecule has 0 radical (unpaired) electrons. The minimum atomic E-state index is -0.256. The fourth-order valence-electron chi connectivity index (χ4n) is 1.65. The van der Waals surface area contributed by atoms with Crippen LogP contribution >= 0.6 is 0 Å². The fourth-order valence-corrected chi connectivity index (χ4v) is 1.65. The SMILES string of the molecule is COC1CCN(C)CC1C(N)=O. The van der Waals surface area contributed by atoms with Gasteiger partial charge in [0.25, 0.3) is 0 Å². The zero-order valence-corrected chi connectivity index (χ0v) is 7.62. The van der Waals surface area contributed by atoms with Gasteiger partial charge < -0.3 is 15.4 Å². The lowest BCUT2D eigenvalue weighted by atomic mass is 9.94. The molecule has 0 aliphatic carbocycles. The van der Waals surface area contributed by atoms with E-state index in [0.717, 1.165) is 13.0 Å². The Kier molecular flexibility index (Phi) is 3.05. The summed E-state index contributed by atoms with van der Waals surface area (Å²) in [6.07, 6.45) is 0.902. The Morgan fingerprint density at radius 2 is 2.33 bits per heavy atom. The van der Waals surface area contributed by atoms with E-state index in [4.69, 9.17) is 10.5 Å². The normalized spacial score (nSPS) is 31.8. The molecule has 2 atom stereocenters. The molecule has 1 rings (SSSR count). The standard InChI is InChI=1S/C8H16N2O2/c1-10-4-3-7(12-2)6(5-10)8(9)11/h6-7H,3-5H2,1-2H3,(H2,9,11). The van der Waals surface area contributed by atoms with Crippen LogP contribution < -0.4 is 5.73 Å². The van der Waals surface area contributed by atoms with Crippen molar-refractivity contribution in [2.45, 2.75) is 12.5 Å². The van der Waals surface area contributed by atoms with Crippen molar-refractivity contribution in [2.24, 2.45) is 11.7 Å². The maximum absolute atomic E-state index is 11.0.